The Morgan fingerprint density at radius 2 is 2.19 bits per heavy atom. The summed E-state index contributed by atoms with van der Waals surface area (Å²) in [4.78, 5) is 12.9. The Labute approximate surface area is 98.1 Å². The van der Waals surface area contributed by atoms with E-state index >= 15 is 0 Å². The molecule has 1 saturated carbocycles. The Kier molecular flexibility index (Phi) is 5.77. The van der Waals surface area contributed by atoms with E-state index in [0.29, 0.717) is 25.2 Å². The first-order valence-corrected chi connectivity index (χ1v) is 6.17. The summed E-state index contributed by atoms with van der Waals surface area (Å²) in [6.07, 6.45) is 6.09. The molecule has 1 fully saturated rings. The van der Waals surface area contributed by atoms with Crippen molar-refractivity contribution in [1.82, 2.24) is 4.90 Å². The first-order chi connectivity index (χ1) is 7.59. The lowest BCUT2D eigenvalue weighted by atomic mass is 9.93. The molecule has 16 heavy (non-hydrogen) atoms. The lowest BCUT2D eigenvalue weighted by molar-refractivity contribution is -0.129. The van der Waals surface area contributed by atoms with Gasteiger partial charge in [0.15, 0.2) is 0 Å². The summed E-state index contributed by atoms with van der Waals surface area (Å²) in [5.74, 6) is 0.170. The van der Waals surface area contributed by atoms with Crippen molar-refractivity contribution in [3.8, 4) is 0 Å². The Bertz CT molecular complexity index is 219. The van der Waals surface area contributed by atoms with E-state index in [1.807, 2.05) is 0 Å². The Morgan fingerprint density at radius 1 is 1.44 bits per heavy atom. The smallest absolute Gasteiger partial charge is 0.222 e. The van der Waals surface area contributed by atoms with Gasteiger partial charge in [0.1, 0.15) is 0 Å². The van der Waals surface area contributed by atoms with Gasteiger partial charge in [0.25, 0.3) is 0 Å². The predicted octanol–water partition coefficient (Wildman–Crippen LogP) is 1.14. The number of carbonyl (C=O) groups excluding carboxylic acids is 1. The van der Waals surface area contributed by atoms with Gasteiger partial charge >= 0.3 is 0 Å². The zero-order valence-corrected chi connectivity index (χ0v) is 10.4. The molecular formula is C12H24N2O2. The SMILES string of the molecule is CN(C)C(=O)CCCOC1CCCC(N)C1. The van der Waals surface area contributed by atoms with Crippen LogP contribution in [-0.4, -0.2) is 43.7 Å². The quantitative estimate of drug-likeness (QED) is 0.718. The van der Waals surface area contributed by atoms with Crippen LogP contribution in [0.15, 0.2) is 0 Å². The van der Waals surface area contributed by atoms with Crippen LogP contribution in [0, 0.1) is 0 Å². The molecule has 0 bridgehead atoms. The maximum absolute atomic E-state index is 11.3. The summed E-state index contributed by atoms with van der Waals surface area (Å²) in [6, 6.07) is 0.308. The Hall–Kier alpha value is -0.610. The van der Waals surface area contributed by atoms with Crippen molar-refractivity contribution in [3.05, 3.63) is 0 Å². The minimum atomic E-state index is 0.170. The van der Waals surface area contributed by atoms with E-state index in [-0.39, 0.29) is 5.91 Å². The molecule has 1 aliphatic carbocycles. The molecule has 2 atom stereocenters. The average Bonchev–Trinajstić information content (AvgIpc) is 2.24. The van der Waals surface area contributed by atoms with Gasteiger partial charge in [-0.25, -0.2) is 0 Å². The van der Waals surface area contributed by atoms with Crippen LogP contribution >= 0.6 is 0 Å². The third-order valence-corrected chi connectivity index (χ3v) is 3.05. The minimum absolute atomic E-state index is 0.170. The van der Waals surface area contributed by atoms with Crippen LogP contribution in [0.3, 0.4) is 0 Å². The van der Waals surface area contributed by atoms with Crippen molar-refractivity contribution >= 4 is 5.91 Å². The summed E-state index contributed by atoms with van der Waals surface area (Å²) in [7, 11) is 3.56. The zero-order chi connectivity index (χ0) is 12.0. The second-order valence-corrected chi connectivity index (χ2v) is 4.81. The molecule has 0 radical (unpaired) electrons. The molecule has 2 N–H and O–H groups in total. The molecule has 0 spiro atoms. The van der Waals surface area contributed by atoms with Gasteiger partial charge in [-0.15, -0.1) is 0 Å². The van der Waals surface area contributed by atoms with Crippen LogP contribution in [0.4, 0.5) is 0 Å². The second-order valence-electron chi connectivity index (χ2n) is 4.81. The van der Waals surface area contributed by atoms with Gasteiger partial charge in [-0.1, -0.05) is 0 Å². The largest absolute Gasteiger partial charge is 0.378 e. The average molecular weight is 228 g/mol. The first kappa shape index (κ1) is 13.5. The molecule has 0 aliphatic heterocycles. The van der Waals surface area contributed by atoms with Gasteiger partial charge in [0.2, 0.25) is 5.91 Å². The number of nitrogens with zero attached hydrogens (tertiary/aromatic N) is 1. The van der Waals surface area contributed by atoms with E-state index in [1.165, 1.54) is 6.42 Å². The molecular weight excluding hydrogens is 204 g/mol. The van der Waals surface area contributed by atoms with Gasteiger partial charge in [-0.3, -0.25) is 4.79 Å². The van der Waals surface area contributed by atoms with Crippen molar-refractivity contribution in [1.29, 1.82) is 0 Å². The molecule has 4 heteroatoms. The summed E-state index contributed by atoms with van der Waals surface area (Å²) in [6.45, 7) is 0.678. The van der Waals surface area contributed by atoms with Gasteiger partial charge < -0.3 is 15.4 Å². The van der Waals surface area contributed by atoms with Gasteiger partial charge in [0.05, 0.1) is 6.10 Å². The molecule has 0 heterocycles. The van der Waals surface area contributed by atoms with E-state index in [9.17, 15) is 4.79 Å². The van der Waals surface area contributed by atoms with Crippen molar-refractivity contribution < 1.29 is 9.53 Å². The maximum atomic E-state index is 11.3. The number of nitrogens with two attached hydrogens (primary N) is 1. The molecule has 0 aromatic heterocycles. The highest BCUT2D eigenvalue weighted by molar-refractivity contribution is 5.75. The van der Waals surface area contributed by atoms with Crippen LogP contribution in [0.25, 0.3) is 0 Å². The van der Waals surface area contributed by atoms with E-state index < -0.39 is 0 Å². The van der Waals surface area contributed by atoms with Crippen LogP contribution in [0.1, 0.15) is 38.5 Å². The standard InChI is InChI=1S/C12H24N2O2/c1-14(2)12(15)7-4-8-16-11-6-3-5-10(13)9-11/h10-11H,3-9,13H2,1-2H3. The van der Waals surface area contributed by atoms with Gasteiger partial charge in [-0.05, 0) is 32.1 Å². The monoisotopic (exact) mass is 228 g/mol. The number of amides is 1. The fourth-order valence-corrected chi connectivity index (χ4v) is 2.03. The summed E-state index contributed by atoms with van der Waals surface area (Å²) in [5, 5.41) is 0. The topological polar surface area (TPSA) is 55.6 Å². The number of rotatable bonds is 5. The zero-order valence-electron chi connectivity index (χ0n) is 10.4. The molecule has 1 aliphatic rings. The molecule has 2 unspecified atom stereocenters. The molecule has 1 amide bonds. The van der Waals surface area contributed by atoms with E-state index in [0.717, 1.165) is 25.7 Å². The molecule has 94 valence electrons. The highest BCUT2D eigenvalue weighted by atomic mass is 16.5. The minimum Gasteiger partial charge on any atom is -0.378 e. The molecule has 0 aromatic carbocycles. The van der Waals surface area contributed by atoms with Crippen molar-refractivity contribution in [2.75, 3.05) is 20.7 Å². The fourth-order valence-electron chi connectivity index (χ4n) is 2.03. The number of carbonyl (C=O) groups is 1. The maximum Gasteiger partial charge on any atom is 0.222 e. The lowest BCUT2D eigenvalue weighted by Gasteiger charge is -2.26. The number of ether oxygens (including phenoxy) is 1. The van der Waals surface area contributed by atoms with Gasteiger partial charge in [0, 0.05) is 33.2 Å². The van der Waals surface area contributed by atoms with Crippen LogP contribution < -0.4 is 5.73 Å². The second kappa shape index (κ2) is 6.86. The van der Waals surface area contributed by atoms with Crippen LogP contribution in [0.2, 0.25) is 0 Å². The molecule has 4 nitrogen and oxygen atoms in total. The van der Waals surface area contributed by atoms with E-state index in [4.69, 9.17) is 10.5 Å². The number of hydrogen-bond donors (Lipinski definition) is 1. The Morgan fingerprint density at radius 3 is 2.81 bits per heavy atom. The molecule has 0 aromatic rings. The lowest BCUT2D eigenvalue weighted by Crippen LogP contribution is -2.32. The third kappa shape index (κ3) is 4.94. The van der Waals surface area contributed by atoms with Crippen LogP contribution in [0.5, 0.6) is 0 Å². The normalized spacial score (nSPS) is 25.4. The van der Waals surface area contributed by atoms with Crippen molar-refractivity contribution in [2.45, 2.75) is 50.7 Å². The summed E-state index contributed by atoms with van der Waals surface area (Å²) < 4.78 is 5.73. The van der Waals surface area contributed by atoms with Crippen LogP contribution in [-0.2, 0) is 9.53 Å². The van der Waals surface area contributed by atoms with E-state index in [2.05, 4.69) is 0 Å². The number of hydrogen-bond acceptors (Lipinski definition) is 3. The van der Waals surface area contributed by atoms with Crippen molar-refractivity contribution in [2.24, 2.45) is 5.73 Å². The highest BCUT2D eigenvalue weighted by Gasteiger charge is 2.19. The Balaban J connectivity index is 2.04. The van der Waals surface area contributed by atoms with Gasteiger partial charge in [-0.2, -0.15) is 0 Å². The fraction of sp³-hybridized carbons (Fsp3) is 0.917. The third-order valence-electron chi connectivity index (χ3n) is 3.05. The molecule has 1 rings (SSSR count). The summed E-state index contributed by atoms with van der Waals surface area (Å²) >= 11 is 0. The summed E-state index contributed by atoms with van der Waals surface area (Å²) in [5.41, 5.74) is 5.88. The molecule has 0 saturated heterocycles. The van der Waals surface area contributed by atoms with Crippen molar-refractivity contribution in [3.63, 3.8) is 0 Å². The predicted molar refractivity (Wildman–Crippen MR) is 64.1 cm³/mol. The highest BCUT2D eigenvalue weighted by Crippen LogP contribution is 2.19. The first-order valence-electron chi connectivity index (χ1n) is 6.17. The van der Waals surface area contributed by atoms with E-state index in [1.54, 1.807) is 19.0 Å².